The zero-order valence-electron chi connectivity index (χ0n) is 18.2. The van der Waals surface area contributed by atoms with Crippen molar-refractivity contribution in [3.63, 3.8) is 0 Å². The summed E-state index contributed by atoms with van der Waals surface area (Å²) in [4.78, 5) is 16.1. The van der Waals surface area contributed by atoms with Crippen LogP contribution >= 0.6 is 0 Å². The van der Waals surface area contributed by atoms with Crippen molar-refractivity contribution in [3.05, 3.63) is 41.3 Å². The van der Waals surface area contributed by atoms with E-state index < -0.39 is 29.6 Å². The lowest BCUT2D eigenvalue weighted by Crippen LogP contribution is -2.31. The van der Waals surface area contributed by atoms with Gasteiger partial charge < -0.3 is 9.15 Å². The minimum atomic E-state index is -4.53. The highest BCUT2D eigenvalue weighted by atomic mass is 19.4. The molecule has 1 aliphatic rings. The second kappa shape index (κ2) is 9.44. The highest BCUT2D eigenvalue weighted by Gasteiger charge is 2.35. The molecule has 33 heavy (non-hydrogen) atoms. The zero-order chi connectivity index (χ0) is 24.3. The highest BCUT2D eigenvalue weighted by Crippen LogP contribution is 2.43. The van der Waals surface area contributed by atoms with Crippen LogP contribution in [0.2, 0.25) is 0 Å². The Morgan fingerprint density at radius 3 is 2.64 bits per heavy atom. The second-order valence-electron chi connectivity index (χ2n) is 7.89. The van der Waals surface area contributed by atoms with Crippen molar-refractivity contribution < 1.29 is 27.1 Å². The van der Waals surface area contributed by atoms with Crippen molar-refractivity contribution in [2.75, 3.05) is 0 Å². The minimum absolute atomic E-state index is 0.0417. The molecule has 0 aliphatic heterocycles. The molecule has 11 heteroatoms. The number of alkyl halides is 3. The molecule has 1 aromatic carbocycles. The Morgan fingerprint density at radius 1 is 1.36 bits per heavy atom. The van der Waals surface area contributed by atoms with Gasteiger partial charge in [-0.15, -0.1) is 0 Å². The van der Waals surface area contributed by atoms with E-state index in [-0.39, 0.29) is 34.7 Å². The van der Waals surface area contributed by atoms with Gasteiger partial charge in [-0.3, -0.25) is 15.6 Å². The van der Waals surface area contributed by atoms with E-state index in [1.54, 1.807) is 19.9 Å². The molecule has 2 aromatic rings. The summed E-state index contributed by atoms with van der Waals surface area (Å²) in [6.07, 6.45) is -3.85. The maximum absolute atomic E-state index is 13.1. The number of hydrogen-bond donors (Lipinski definition) is 2. The van der Waals surface area contributed by atoms with Gasteiger partial charge in [0.2, 0.25) is 5.89 Å². The van der Waals surface area contributed by atoms with Crippen molar-refractivity contribution in [3.8, 4) is 17.5 Å². The molecule has 1 aromatic heterocycles. The van der Waals surface area contributed by atoms with E-state index in [1.807, 2.05) is 0 Å². The smallest absolute Gasteiger partial charge is 0.416 e. The fraction of sp³-hybridized carbons (Fsp3) is 0.409. The normalized spacial score (nSPS) is 15.2. The maximum atomic E-state index is 13.1. The number of carbonyl (C=O) groups is 1. The molecule has 0 amide bonds. The lowest BCUT2D eigenvalue weighted by molar-refractivity contribution is -0.153. The molecule has 3 rings (SSSR count). The van der Waals surface area contributed by atoms with Crippen molar-refractivity contribution in [2.24, 2.45) is 11.0 Å². The number of nitrogens with zero attached hydrogens (tertiary/aromatic N) is 3. The Balaban J connectivity index is 1.98. The molecule has 1 atom stereocenters. The van der Waals surface area contributed by atoms with Gasteiger partial charge in [-0.05, 0) is 38.0 Å². The number of esters is 1. The summed E-state index contributed by atoms with van der Waals surface area (Å²) in [7, 11) is 0. The van der Waals surface area contributed by atoms with Gasteiger partial charge in [-0.1, -0.05) is 19.9 Å². The van der Waals surface area contributed by atoms with Gasteiger partial charge in [0.25, 0.3) is 0 Å². The van der Waals surface area contributed by atoms with Gasteiger partial charge in [0.05, 0.1) is 11.5 Å². The fourth-order valence-electron chi connectivity index (χ4n) is 2.85. The summed E-state index contributed by atoms with van der Waals surface area (Å²) in [5, 5.41) is 21.3. The van der Waals surface area contributed by atoms with Crippen LogP contribution in [0.5, 0.6) is 0 Å². The standard InChI is InChI=1S/C22H22F3N5O3/c1-11(2)21(31)32-12(3)29-30-17(16(27)10-26)18-19(13-7-8-13)33-20(28-18)14-5-4-6-15(9-14)22(23,24)25/h4-6,9,11-13,27,29H,7-8H2,1-3H3/b27-16?,30-17+. The van der Waals surface area contributed by atoms with Crippen LogP contribution in [0.1, 0.15) is 56.5 Å². The number of oxazole rings is 1. The Labute approximate surface area is 188 Å². The van der Waals surface area contributed by atoms with Crippen molar-refractivity contribution in [1.29, 1.82) is 10.7 Å². The monoisotopic (exact) mass is 461 g/mol. The number of hydrogen-bond acceptors (Lipinski definition) is 8. The van der Waals surface area contributed by atoms with E-state index in [2.05, 4.69) is 15.5 Å². The van der Waals surface area contributed by atoms with Gasteiger partial charge >= 0.3 is 12.1 Å². The predicted molar refractivity (Wildman–Crippen MR) is 112 cm³/mol. The SMILES string of the molecule is CC(N/N=C(\C(=N)C#N)c1nc(-c2cccc(C(F)(F)F)c2)oc1C1CC1)OC(=O)C(C)C. The van der Waals surface area contributed by atoms with E-state index in [0.29, 0.717) is 5.76 Å². The molecule has 2 N–H and O–H groups in total. The Kier molecular flexibility index (Phi) is 6.86. The molecule has 8 nitrogen and oxygen atoms in total. The fourth-order valence-corrected chi connectivity index (χ4v) is 2.85. The van der Waals surface area contributed by atoms with Crippen LogP contribution in [-0.2, 0) is 15.7 Å². The molecule has 1 saturated carbocycles. The van der Waals surface area contributed by atoms with Gasteiger partial charge in [0, 0.05) is 11.5 Å². The molecule has 1 unspecified atom stereocenters. The molecule has 1 heterocycles. The highest BCUT2D eigenvalue weighted by molar-refractivity contribution is 6.52. The van der Waals surface area contributed by atoms with Crippen LogP contribution in [0.15, 0.2) is 33.8 Å². The van der Waals surface area contributed by atoms with E-state index in [9.17, 15) is 23.2 Å². The summed E-state index contributed by atoms with van der Waals surface area (Å²) in [6, 6.07) is 6.23. The van der Waals surface area contributed by atoms with Crippen molar-refractivity contribution >= 4 is 17.4 Å². The number of aromatic nitrogens is 1. The predicted octanol–water partition coefficient (Wildman–Crippen LogP) is 4.62. The number of nitriles is 1. The van der Waals surface area contributed by atoms with E-state index in [4.69, 9.17) is 14.6 Å². The number of nitrogens with one attached hydrogen (secondary N) is 2. The first kappa shape index (κ1) is 24.0. The topological polar surface area (TPSA) is 124 Å². The first-order valence-corrected chi connectivity index (χ1v) is 10.2. The van der Waals surface area contributed by atoms with Crippen LogP contribution < -0.4 is 5.43 Å². The van der Waals surface area contributed by atoms with Crippen molar-refractivity contribution in [2.45, 2.75) is 51.9 Å². The van der Waals surface area contributed by atoms with Crippen molar-refractivity contribution in [1.82, 2.24) is 10.4 Å². The summed E-state index contributed by atoms with van der Waals surface area (Å²) in [5.41, 5.74) is 1.22. The average Bonchev–Trinajstić information content (AvgIpc) is 3.52. The van der Waals surface area contributed by atoms with Gasteiger partial charge in [-0.25, -0.2) is 4.98 Å². The molecule has 1 fully saturated rings. The number of benzene rings is 1. The molecule has 1 aliphatic carbocycles. The van der Waals surface area contributed by atoms with Crippen LogP contribution in [0, 0.1) is 22.7 Å². The summed E-state index contributed by atoms with van der Waals surface area (Å²) < 4.78 is 50.3. The minimum Gasteiger partial charge on any atom is -0.440 e. The first-order valence-electron chi connectivity index (χ1n) is 10.2. The Hall–Kier alpha value is -3.68. The largest absolute Gasteiger partial charge is 0.440 e. The third-order valence-corrected chi connectivity index (χ3v) is 4.73. The van der Waals surface area contributed by atoms with Gasteiger partial charge in [-0.2, -0.15) is 23.5 Å². The Morgan fingerprint density at radius 2 is 2.06 bits per heavy atom. The third-order valence-electron chi connectivity index (χ3n) is 4.73. The molecule has 0 bridgehead atoms. The number of halogens is 3. The molecule has 0 saturated heterocycles. The molecule has 0 spiro atoms. The average molecular weight is 461 g/mol. The quantitative estimate of drug-likeness (QED) is 0.256. The lowest BCUT2D eigenvalue weighted by atomic mass is 10.1. The van der Waals surface area contributed by atoms with Crippen LogP contribution in [0.25, 0.3) is 11.5 Å². The summed E-state index contributed by atoms with van der Waals surface area (Å²) in [5.74, 6) is -0.596. The first-order chi connectivity index (χ1) is 15.5. The Bertz CT molecular complexity index is 1130. The van der Waals surface area contributed by atoms with Crippen LogP contribution in [0.4, 0.5) is 13.2 Å². The van der Waals surface area contributed by atoms with E-state index >= 15 is 0 Å². The zero-order valence-corrected chi connectivity index (χ0v) is 18.2. The molecule has 0 radical (unpaired) electrons. The van der Waals surface area contributed by atoms with E-state index in [0.717, 1.165) is 25.0 Å². The molecular formula is C22H22F3N5O3. The summed E-state index contributed by atoms with van der Waals surface area (Å²) >= 11 is 0. The maximum Gasteiger partial charge on any atom is 0.416 e. The summed E-state index contributed by atoms with van der Waals surface area (Å²) in [6.45, 7) is 4.86. The number of rotatable bonds is 8. The van der Waals surface area contributed by atoms with Gasteiger partial charge in [0.15, 0.2) is 11.9 Å². The van der Waals surface area contributed by atoms with Gasteiger partial charge in [0.1, 0.15) is 23.2 Å². The van der Waals surface area contributed by atoms with Crippen LogP contribution in [0.3, 0.4) is 0 Å². The number of carbonyl (C=O) groups excluding carboxylic acids is 1. The third kappa shape index (κ3) is 5.77. The van der Waals surface area contributed by atoms with Crippen LogP contribution in [-0.4, -0.2) is 28.6 Å². The second-order valence-corrected chi connectivity index (χ2v) is 7.89. The van der Waals surface area contributed by atoms with E-state index in [1.165, 1.54) is 19.1 Å². The molecular weight excluding hydrogens is 439 g/mol. The lowest BCUT2D eigenvalue weighted by Gasteiger charge is -2.14. The molecule has 174 valence electrons. The number of hydrazone groups is 1. The number of ether oxygens (including phenoxy) is 1.